The van der Waals surface area contributed by atoms with E-state index in [1.54, 1.807) is 6.07 Å². The summed E-state index contributed by atoms with van der Waals surface area (Å²) in [7, 11) is 0. The van der Waals surface area contributed by atoms with Crippen LogP contribution < -0.4 is 10.6 Å². The molecule has 17 heavy (non-hydrogen) atoms. The van der Waals surface area contributed by atoms with Crippen LogP contribution in [0.1, 0.15) is 12.0 Å². The molecule has 0 aliphatic carbocycles. The first-order valence-electron chi connectivity index (χ1n) is 5.20. The molecule has 2 amide bonds. The van der Waals surface area contributed by atoms with Crippen LogP contribution in [-0.4, -0.2) is 24.3 Å². The maximum atomic E-state index is 11.3. The number of carbonyl (C=O) groups excluding carboxylic acids is 1. The summed E-state index contributed by atoms with van der Waals surface area (Å²) < 4.78 is 0.902. The molecule has 0 aliphatic rings. The van der Waals surface area contributed by atoms with E-state index < -0.39 is 0 Å². The lowest BCUT2D eigenvalue weighted by molar-refractivity contribution is 0.238. The largest absolute Gasteiger partial charge is 0.396 e. The molecule has 0 bridgehead atoms. The van der Waals surface area contributed by atoms with Gasteiger partial charge in [-0.1, -0.05) is 33.6 Å². The Bertz CT molecular complexity index is 388. The number of rotatable bonds is 5. The van der Waals surface area contributed by atoms with E-state index in [1.807, 2.05) is 12.1 Å². The average molecular weight is 322 g/mol. The average Bonchev–Trinajstić information content (AvgIpc) is 2.28. The minimum absolute atomic E-state index is 0.0683. The van der Waals surface area contributed by atoms with Crippen molar-refractivity contribution >= 4 is 33.6 Å². The summed E-state index contributed by atoms with van der Waals surface area (Å²) in [5.74, 6) is 0. The number of nitrogens with one attached hydrogen (secondary N) is 2. The van der Waals surface area contributed by atoms with Gasteiger partial charge >= 0.3 is 6.03 Å². The summed E-state index contributed by atoms with van der Waals surface area (Å²) in [6, 6.07) is 5.23. The monoisotopic (exact) mass is 320 g/mol. The lowest BCUT2D eigenvalue weighted by Crippen LogP contribution is -2.35. The fraction of sp³-hybridized carbons (Fsp3) is 0.364. The summed E-state index contributed by atoms with van der Waals surface area (Å²) in [6.45, 7) is 0.895. The highest BCUT2D eigenvalue weighted by atomic mass is 79.9. The van der Waals surface area contributed by atoms with Gasteiger partial charge in [0.1, 0.15) is 0 Å². The highest BCUT2D eigenvalue weighted by Gasteiger charge is 2.03. The van der Waals surface area contributed by atoms with E-state index >= 15 is 0 Å². The molecule has 1 aromatic carbocycles. The third kappa shape index (κ3) is 5.39. The molecule has 0 heterocycles. The van der Waals surface area contributed by atoms with Crippen molar-refractivity contribution in [3.63, 3.8) is 0 Å². The second-order valence-corrected chi connectivity index (χ2v) is 4.75. The van der Waals surface area contributed by atoms with Crippen LogP contribution in [0.25, 0.3) is 0 Å². The predicted molar refractivity (Wildman–Crippen MR) is 71.1 cm³/mol. The van der Waals surface area contributed by atoms with Gasteiger partial charge in [-0.2, -0.15) is 0 Å². The number of urea groups is 1. The van der Waals surface area contributed by atoms with Gasteiger partial charge in [0.05, 0.1) is 0 Å². The molecule has 0 aromatic heterocycles. The molecule has 0 fully saturated rings. The number of amides is 2. The van der Waals surface area contributed by atoms with Crippen molar-refractivity contribution in [2.45, 2.75) is 13.0 Å². The Labute approximate surface area is 113 Å². The molecule has 0 radical (unpaired) electrons. The number of hydrogen-bond acceptors (Lipinski definition) is 2. The number of halogens is 2. The maximum Gasteiger partial charge on any atom is 0.315 e. The molecule has 1 aromatic rings. The van der Waals surface area contributed by atoms with Crippen molar-refractivity contribution in [3.05, 3.63) is 33.3 Å². The second kappa shape index (κ2) is 7.53. The van der Waals surface area contributed by atoms with E-state index in [-0.39, 0.29) is 12.6 Å². The lowest BCUT2D eigenvalue weighted by Gasteiger charge is -2.08. The second-order valence-electron chi connectivity index (χ2n) is 3.42. The van der Waals surface area contributed by atoms with Gasteiger partial charge in [-0.15, -0.1) is 0 Å². The van der Waals surface area contributed by atoms with Crippen molar-refractivity contribution in [3.8, 4) is 0 Å². The Morgan fingerprint density at radius 2 is 2.18 bits per heavy atom. The van der Waals surface area contributed by atoms with Crippen LogP contribution in [0.15, 0.2) is 22.7 Å². The topological polar surface area (TPSA) is 61.4 Å². The van der Waals surface area contributed by atoms with Gasteiger partial charge in [0, 0.05) is 29.2 Å². The minimum atomic E-state index is -0.266. The molecule has 0 spiro atoms. The highest BCUT2D eigenvalue weighted by molar-refractivity contribution is 9.10. The Morgan fingerprint density at radius 1 is 1.41 bits per heavy atom. The summed E-state index contributed by atoms with van der Waals surface area (Å²) in [6.07, 6.45) is 0.548. The fourth-order valence-corrected chi connectivity index (χ4v) is 1.92. The van der Waals surface area contributed by atoms with Crippen molar-refractivity contribution < 1.29 is 9.90 Å². The lowest BCUT2D eigenvalue weighted by atomic mass is 10.2. The third-order valence-electron chi connectivity index (χ3n) is 2.07. The van der Waals surface area contributed by atoms with Gasteiger partial charge < -0.3 is 15.7 Å². The van der Waals surface area contributed by atoms with Gasteiger partial charge in [-0.05, 0) is 24.1 Å². The zero-order valence-corrected chi connectivity index (χ0v) is 11.5. The molecule has 4 nitrogen and oxygen atoms in total. The molecule has 0 atom stereocenters. The standard InChI is InChI=1S/C11H14BrClN2O2/c12-9-3-2-8(10(13)6-9)7-15-11(17)14-4-1-5-16/h2-3,6,16H,1,4-5,7H2,(H2,14,15,17). The van der Waals surface area contributed by atoms with Crippen molar-refractivity contribution in [2.24, 2.45) is 0 Å². The molecule has 0 aliphatic heterocycles. The zero-order valence-electron chi connectivity index (χ0n) is 9.17. The van der Waals surface area contributed by atoms with Crippen molar-refractivity contribution in [1.29, 1.82) is 0 Å². The quantitative estimate of drug-likeness (QED) is 0.729. The van der Waals surface area contributed by atoms with Crippen LogP contribution in [0.3, 0.4) is 0 Å². The molecule has 94 valence electrons. The third-order valence-corrected chi connectivity index (χ3v) is 2.92. The Kier molecular flexibility index (Phi) is 6.32. The molecule has 0 unspecified atom stereocenters. The normalized spacial score (nSPS) is 10.1. The van der Waals surface area contributed by atoms with Crippen molar-refractivity contribution in [2.75, 3.05) is 13.2 Å². The number of benzene rings is 1. The van der Waals surface area contributed by atoms with Crippen LogP contribution in [0.4, 0.5) is 4.79 Å². The summed E-state index contributed by atoms with van der Waals surface area (Å²) in [5, 5.41) is 14.5. The highest BCUT2D eigenvalue weighted by Crippen LogP contribution is 2.20. The number of aliphatic hydroxyl groups is 1. The molecule has 3 N–H and O–H groups in total. The van der Waals surface area contributed by atoms with Crippen LogP contribution in [0, 0.1) is 0 Å². The molecule has 6 heteroatoms. The van der Waals surface area contributed by atoms with Crippen molar-refractivity contribution in [1.82, 2.24) is 10.6 Å². The minimum Gasteiger partial charge on any atom is -0.396 e. The molecule has 1 rings (SSSR count). The zero-order chi connectivity index (χ0) is 12.7. The number of aliphatic hydroxyl groups excluding tert-OH is 1. The van der Waals surface area contributed by atoms with Gasteiger partial charge in [-0.25, -0.2) is 4.79 Å². The Balaban J connectivity index is 2.37. The summed E-state index contributed by atoms with van der Waals surface area (Å²) in [4.78, 5) is 11.3. The maximum absolute atomic E-state index is 11.3. The van der Waals surface area contributed by atoms with Crippen LogP contribution in [0.5, 0.6) is 0 Å². The first-order chi connectivity index (χ1) is 8.13. The van der Waals surface area contributed by atoms with Crippen LogP contribution in [0.2, 0.25) is 5.02 Å². The first kappa shape index (κ1) is 14.3. The van der Waals surface area contributed by atoms with E-state index in [4.69, 9.17) is 16.7 Å². The first-order valence-corrected chi connectivity index (χ1v) is 6.37. The van der Waals surface area contributed by atoms with E-state index in [2.05, 4.69) is 26.6 Å². The molecule has 0 saturated heterocycles. The van der Waals surface area contributed by atoms with E-state index in [9.17, 15) is 4.79 Å². The van der Waals surface area contributed by atoms with Gasteiger partial charge in [0.2, 0.25) is 0 Å². The van der Waals surface area contributed by atoms with E-state index in [1.165, 1.54) is 0 Å². The SMILES string of the molecule is O=C(NCCCO)NCc1ccc(Br)cc1Cl. The Morgan fingerprint density at radius 3 is 2.82 bits per heavy atom. The van der Waals surface area contributed by atoms with E-state index in [0.29, 0.717) is 24.5 Å². The number of hydrogen-bond donors (Lipinski definition) is 3. The van der Waals surface area contributed by atoms with Crippen LogP contribution in [-0.2, 0) is 6.54 Å². The molecular weight excluding hydrogens is 307 g/mol. The molecule has 0 saturated carbocycles. The fourth-order valence-electron chi connectivity index (χ4n) is 1.18. The number of carbonyl (C=O) groups is 1. The smallest absolute Gasteiger partial charge is 0.315 e. The predicted octanol–water partition coefficient (Wildman–Crippen LogP) is 2.28. The molecular formula is C11H14BrClN2O2. The summed E-state index contributed by atoms with van der Waals surface area (Å²) in [5.41, 5.74) is 0.854. The van der Waals surface area contributed by atoms with E-state index in [0.717, 1.165) is 10.0 Å². The van der Waals surface area contributed by atoms with Crippen LogP contribution >= 0.6 is 27.5 Å². The van der Waals surface area contributed by atoms with Gasteiger partial charge in [0.25, 0.3) is 0 Å². The van der Waals surface area contributed by atoms with Gasteiger partial charge in [0.15, 0.2) is 0 Å². The van der Waals surface area contributed by atoms with Gasteiger partial charge in [-0.3, -0.25) is 0 Å². The Hall–Kier alpha value is -0.780. The summed E-state index contributed by atoms with van der Waals surface area (Å²) >= 11 is 9.32.